The Kier molecular flexibility index (Phi) is 4.65. The molecule has 2 aromatic heterocycles. The Morgan fingerprint density at radius 3 is 2.42 bits per heavy atom. The Morgan fingerprint density at radius 2 is 1.89 bits per heavy atom. The van der Waals surface area contributed by atoms with Crippen LogP contribution in [-0.4, -0.2) is 19.6 Å². The molecule has 19 heavy (non-hydrogen) atoms. The Morgan fingerprint density at radius 1 is 1.21 bits per heavy atom. The highest BCUT2D eigenvalue weighted by Gasteiger charge is 2.12. The van der Waals surface area contributed by atoms with Crippen LogP contribution in [0.4, 0.5) is 0 Å². The van der Waals surface area contributed by atoms with Crippen molar-refractivity contribution in [1.29, 1.82) is 0 Å². The second kappa shape index (κ2) is 6.07. The maximum Gasteiger partial charge on any atom is 0.0853 e. The Hall–Kier alpha value is -0.850. The lowest BCUT2D eigenvalue weighted by Gasteiger charge is -2.12. The predicted octanol–water partition coefficient (Wildman–Crippen LogP) is 3.71. The average molecular weight is 372 g/mol. The molecule has 4 nitrogen and oxygen atoms in total. The predicted molar refractivity (Wildman–Crippen MR) is 85.4 cm³/mol. The minimum absolute atomic E-state index is 0.509. The van der Waals surface area contributed by atoms with Crippen LogP contribution in [0, 0.1) is 17.4 Å². The topological polar surface area (TPSA) is 35.6 Å². The van der Waals surface area contributed by atoms with Gasteiger partial charge in [0.05, 0.1) is 27.5 Å². The van der Waals surface area contributed by atoms with Crippen molar-refractivity contribution in [2.75, 3.05) is 0 Å². The van der Waals surface area contributed by atoms with Gasteiger partial charge in [0.25, 0.3) is 0 Å². The molecule has 0 amide bonds. The first-order valence-electron chi connectivity index (χ1n) is 6.80. The summed E-state index contributed by atoms with van der Waals surface area (Å²) in [5, 5.41) is 9.24. The number of rotatable bonds is 5. The van der Waals surface area contributed by atoms with Crippen LogP contribution in [0.25, 0.3) is 0 Å². The summed E-state index contributed by atoms with van der Waals surface area (Å²) in [7, 11) is 0. The second-order valence-corrected chi connectivity index (χ2v) is 5.98. The van der Waals surface area contributed by atoms with Crippen LogP contribution in [0.3, 0.4) is 0 Å². The monoisotopic (exact) mass is 372 g/mol. The lowest BCUT2D eigenvalue weighted by molar-refractivity contribution is 0.423. The summed E-state index contributed by atoms with van der Waals surface area (Å²) in [6.45, 7) is 9.33. The quantitative estimate of drug-likeness (QED) is 0.751. The molecule has 0 unspecified atom stereocenters. The van der Waals surface area contributed by atoms with Gasteiger partial charge in [-0.1, -0.05) is 13.8 Å². The number of halogens is 1. The number of aryl methyl sites for hydroxylation is 1. The standard InChI is InChI=1S/C14H21IN4/c1-5-13(6-2)18-8-7-12(17-18)9-19-11(4)14(15)10(3)16-19/h7-8,13H,5-6,9H2,1-4H3. The molecule has 0 aromatic carbocycles. The number of aromatic nitrogens is 4. The molecule has 2 rings (SSSR count). The molecule has 0 radical (unpaired) electrons. The summed E-state index contributed by atoms with van der Waals surface area (Å²) in [6.07, 6.45) is 4.33. The van der Waals surface area contributed by atoms with Gasteiger partial charge in [-0.25, -0.2) is 0 Å². The fourth-order valence-electron chi connectivity index (χ4n) is 2.31. The van der Waals surface area contributed by atoms with Gasteiger partial charge in [-0.15, -0.1) is 0 Å². The summed E-state index contributed by atoms with van der Waals surface area (Å²) in [6, 6.07) is 2.61. The lowest BCUT2D eigenvalue weighted by Crippen LogP contribution is -2.10. The molecule has 0 saturated carbocycles. The van der Waals surface area contributed by atoms with Crippen molar-refractivity contribution in [1.82, 2.24) is 19.6 Å². The van der Waals surface area contributed by atoms with Gasteiger partial charge in [-0.3, -0.25) is 9.36 Å². The zero-order valence-electron chi connectivity index (χ0n) is 12.0. The Labute approximate surface area is 128 Å². The van der Waals surface area contributed by atoms with Crippen LogP contribution in [0.1, 0.15) is 49.8 Å². The van der Waals surface area contributed by atoms with Crippen molar-refractivity contribution in [3.8, 4) is 0 Å². The molecule has 5 heteroatoms. The lowest BCUT2D eigenvalue weighted by atomic mass is 10.2. The van der Waals surface area contributed by atoms with Gasteiger partial charge in [0, 0.05) is 11.9 Å². The minimum atomic E-state index is 0.509. The van der Waals surface area contributed by atoms with E-state index in [1.54, 1.807) is 0 Å². The summed E-state index contributed by atoms with van der Waals surface area (Å²) in [5.74, 6) is 0. The van der Waals surface area contributed by atoms with Crippen molar-refractivity contribution >= 4 is 22.6 Å². The highest BCUT2D eigenvalue weighted by atomic mass is 127. The average Bonchev–Trinajstić information content (AvgIpc) is 2.94. The fourth-order valence-corrected chi connectivity index (χ4v) is 2.70. The molecule has 0 aliphatic heterocycles. The smallest absolute Gasteiger partial charge is 0.0853 e. The molecule has 0 atom stereocenters. The van der Waals surface area contributed by atoms with Crippen molar-refractivity contribution in [2.24, 2.45) is 0 Å². The molecule has 104 valence electrons. The van der Waals surface area contributed by atoms with Gasteiger partial charge in [0.15, 0.2) is 0 Å². The van der Waals surface area contributed by atoms with Crippen molar-refractivity contribution < 1.29 is 0 Å². The first kappa shape index (κ1) is 14.6. The summed E-state index contributed by atoms with van der Waals surface area (Å²) >= 11 is 2.35. The minimum Gasteiger partial charge on any atom is -0.269 e. The van der Waals surface area contributed by atoms with Crippen molar-refractivity contribution in [3.63, 3.8) is 0 Å². The molecule has 0 bridgehead atoms. The van der Waals surface area contributed by atoms with Crippen LogP contribution in [0.2, 0.25) is 0 Å². The molecule has 0 aliphatic carbocycles. The summed E-state index contributed by atoms with van der Waals surface area (Å²) < 4.78 is 5.37. The normalized spacial score (nSPS) is 11.5. The zero-order chi connectivity index (χ0) is 14.0. The molecule has 0 fully saturated rings. The van der Waals surface area contributed by atoms with Gasteiger partial charge >= 0.3 is 0 Å². The molecule has 2 heterocycles. The zero-order valence-corrected chi connectivity index (χ0v) is 14.2. The van der Waals surface area contributed by atoms with Gasteiger partial charge in [-0.05, 0) is 55.3 Å². The maximum atomic E-state index is 4.68. The number of nitrogens with zero attached hydrogens (tertiary/aromatic N) is 4. The van der Waals surface area contributed by atoms with E-state index in [-0.39, 0.29) is 0 Å². The van der Waals surface area contributed by atoms with Gasteiger partial charge in [0.1, 0.15) is 0 Å². The van der Waals surface area contributed by atoms with E-state index < -0.39 is 0 Å². The SMILES string of the molecule is CCC(CC)n1ccc(Cn2nc(C)c(I)c2C)n1. The van der Waals surface area contributed by atoms with E-state index in [0.29, 0.717) is 6.04 Å². The van der Waals surface area contributed by atoms with Crippen molar-refractivity contribution in [3.05, 3.63) is 32.9 Å². The molecule has 0 spiro atoms. The summed E-state index contributed by atoms with van der Waals surface area (Å²) in [4.78, 5) is 0. The first-order valence-corrected chi connectivity index (χ1v) is 7.88. The Bertz CT molecular complexity index is 552. The number of hydrogen-bond acceptors (Lipinski definition) is 2. The van der Waals surface area contributed by atoms with E-state index in [0.717, 1.165) is 30.8 Å². The first-order chi connectivity index (χ1) is 9.06. The van der Waals surface area contributed by atoms with Gasteiger partial charge < -0.3 is 0 Å². The van der Waals surface area contributed by atoms with E-state index in [2.05, 4.69) is 70.5 Å². The van der Waals surface area contributed by atoms with E-state index in [1.807, 2.05) is 11.6 Å². The van der Waals surface area contributed by atoms with E-state index in [1.165, 1.54) is 9.26 Å². The van der Waals surface area contributed by atoms with Crippen LogP contribution >= 0.6 is 22.6 Å². The van der Waals surface area contributed by atoms with Gasteiger partial charge in [-0.2, -0.15) is 10.2 Å². The largest absolute Gasteiger partial charge is 0.269 e. The molecule has 0 N–H and O–H groups in total. The van der Waals surface area contributed by atoms with E-state index in [4.69, 9.17) is 0 Å². The van der Waals surface area contributed by atoms with E-state index in [9.17, 15) is 0 Å². The van der Waals surface area contributed by atoms with Crippen LogP contribution in [-0.2, 0) is 6.54 Å². The highest BCUT2D eigenvalue weighted by Crippen LogP contribution is 2.18. The third-order valence-corrected chi connectivity index (χ3v) is 5.15. The molecule has 2 aromatic rings. The molecular weight excluding hydrogens is 351 g/mol. The number of hydrogen-bond donors (Lipinski definition) is 0. The Balaban J connectivity index is 2.18. The molecule has 0 aliphatic rings. The maximum absolute atomic E-state index is 4.68. The fraction of sp³-hybridized carbons (Fsp3) is 0.571. The van der Waals surface area contributed by atoms with Gasteiger partial charge in [0.2, 0.25) is 0 Å². The molecular formula is C14H21IN4. The van der Waals surface area contributed by atoms with Crippen LogP contribution < -0.4 is 0 Å². The van der Waals surface area contributed by atoms with Crippen LogP contribution in [0.5, 0.6) is 0 Å². The highest BCUT2D eigenvalue weighted by molar-refractivity contribution is 14.1. The second-order valence-electron chi connectivity index (χ2n) is 4.90. The van der Waals surface area contributed by atoms with Crippen molar-refractivity contribution in [2.45, 2.75) is 53.1 Å². The molecule has 0 saturated heterocycles. The third-order valence-electron chi connectivity index (χ3n) is 3.59. The summed E-state index contributed by atoms with van der Waals surface area (Å²) in [5.41, 5.74) is 3.39. The van der Waals surface area contributed by atoms with E-state index >= 15 is 0 Å². The third kappa shape index (κ3) is 3.01. The van der Waals surface area contributed by atoms with Crippen LogP contribution in [0.15, 0.2) is 12.3 Å².